The Morgan fingerprint density at radius 2 is 2.23 bits per heavy atom. The van der Waals surface area contributed by atoms with Crippen molar-refractivity contribution in [3.05, 3.63) is 55.9 Å². The van der Waals surface area contributed by atoms with E-state index in [1.54, 1.807) is 11.3 Å². The van der Waals surface area contributed by atoms with Gasteiger partial charge in [-0.3, -0.25) is 14.2 Å². The number of nitrogens with zero attached hydrogens (tertiary/aromatic N) is 2. The minimum Gasteiger partial charge on any atom is -0.324 e. The summed E-state index contributed by atoms with van der Waals surface area (Å²) < 4.78 is 2.20. The molecule has 1 aliphatic rings. The second-order valence-electron chi connectivity index (χ2n) is 6.74. The van der Waals surface area contributed by atoms with Crippen LogP contribution in [0.15, 0.2) is 39.9 Å². The maximum atomic E-state index is 12.9. The van der Waals surface area contributed by atoms with E-state index in [9.17, 15) is 9.59 Å². The molecule has 0 unspecified atom stereocenters. The lowest BCUT2D eigenvalue weighted by molar-refractivity contribution is -0.116. The number of halogens is 1. The van der Waals surface area contributed by atoms with E-state index in [4.69, 9.17) is 0 Å². The first-order valence-electron chi connectivity index (χ1n) is 8.57. The molecule has 5 nitrogen and oxygen atoms in total. The number of aryl methyl sites for hydroxylation is 1. The molecule has 2 heterocycles. The number of fused-ring (bicyclic) bond motifs is 3. The Kier molecular flexibility index (Phi) is 4.67. The van der Waals surface area contributed by atoms with E-state index in [1.807, 2.05) is 24.3 Å². The Labute approximate surface area is 163 Å². The first-order valence-corrected chi connectivity index (χ1v) is 10.2. The van der Waals surface area contributed by atoms with Crippen LogP contribution in [0.1, 0.15) is 23.8 Å². The largest absolute Gasteiger partial charge is 0.324 e. The summed E-state index contributed by atoms with van der Waals surface area (Å²) in [5.74, 6) is 0.394. The summed E-state index contributed by atoms with van der Waals surface area (Å²) in [6.07, 6.45) is 4.50. The van der Waals surface area contributed by atoms with Crippen LogP contribution in [-0.2, 0) is 24.2 Å². The first kappa shape index (κ1) is 17.4. The van der Waals surface area contributed by atoms with Crippen molar-refractivity contribution in [1.29, 1.82) is 0 Å². The second kappa shape index (κ2) is 6.96. The fraction of sp³-hybridized carbons (Fsp3) is 0.316. The molecule has 3 aromatic rings. The molecule has 7 heteroatoms. The van der Waals surface area contributed by atoms with Gasteiger partial charge in [-0.05, 0) is 58.8 Å². The number of carbonyl (C=O) groups is 1. The Morgan fingerprint density at radius 1 is 1.42 bits per heavy atom. The molecule has 0 fully saturated rings. The highest BCUT2D eigenvalue weighted by molar-refractivity contribution is 9.10. The van der Waals surface area contributed by atoms with Crippen LogP contribution in [0.25, 0.3) is 10.2 Å². The first-order chi connectivity index (χ1) is 12.5. The molecule has 134 valence electrons. The third-order valence-corrected chi connectivity index (χ3v) is 6.60. The summed E-state index contributed by atoms with van der Waals surface area (Å²) in [6, 6.07) is 7.39. The van der Waals surface area contributed by atoms with Crippen LogP contribution in [0.5, 0.6) is 0 Å². The average molecular weight is 432 g/mol. The van der Waals surface area contributed by atoms with Gasteiger partial charge in [0.1, 0.15) is 11.4 Å². The number of carbonyl (C=O) groups excluding carboxylic acids is 1. The second-order valence-corrected chi connectivity index (χ2v) is 8.68. The monoisotopic (exact) mass is 431 g/mol. The zero-order valence-electron chi connectivity index (χ0n) is 14.3. The van der Waals surface area contributed by atoms with Gasteiger partial charge < -0.3 is 5.32 Å². The lowest BCUT2D eigenvalue weighted by atomic mass is 9.89. The molecule has 0 saturated heterocycles. The molecule has 0 spiro atoms. The maximum absolute atomic E-state index is 12.9. The average Bonchev–Trinajstić information content (AvgIpc) is 2.97. The van der Waals surface area contributed by atoms with Gasteiger partial charge >= 0.3 is 0 Å². The van der Waals surface area contributed by atoms with Gasteiger partial charge in [0.15, 0.2) is 0 Å². The number of amides is 1. The molecule has 1 N–H and O–H groups in total. The summed E-state index contributed by atoms with van der Waals surface area (Å²) in [7, 11) is 0. The van der Waals surface area contributed by atoms with Gasteiger partial charge in [-0.25, -0.2) is 4.98 Å². The number of anilines is 1. The zero-order valence-corrected chi connectivity index (χ0v) is 16.7. The fourth-order valence-electron chi connectivity index (χ4n) is 3.39. The standard InChI is InChI=1S/C19H18BrN3O2S/c1-11-6-7-12-15(8-11)26-18-17(12)19(25)23(10-21-18)9-16(24)22-14-5-3-2-4-13(14)20/h2-5,10-11H,6-9H2,1H3,(H,22,24)/t11-/m0/s1. The van der Waals surface area contributed by atoms with Gasteiger partial charge in [-0.15, -0.1) is 11.3 Å². The Hall–Kier alpha value is -1.99. The number of rotatable bonds is 3. The molecule has 1 atom stereocenters. The fourth-order valence-corrected chi connectivity index (χ4v) is 5.11. The van der Waals surface area contributed by atoms with E-state index < -0.39 is 0 Å². The highest BCUT2D eigenvalue weighted by Gasteiger charge is 2.23. The number of thiophene rings is 1. The summed E-state index contributed by atoms with van der Waals surface area (Å²) in [5, 5.41) is 3.53. The molecule has 1 aliphatic carbocycles. The summed E-state index contributed by atoms with van der Waals surface area (Å²) in [5.41, 5.74) is 1.70. The lowest BCUT2D eigenvalue weighted by Crippen LogP contribution is -2.28. The molecule has 0 radical (unpaired) electrons. The number of para-hydroxylation sites is 1. The molecular formula is C19H18BrN3O2S. The van der Waals surface area contributed by atoms with Crippen molar-refractivity contribution in [1.82, 2.24) is 9.55 Å². The number of hydrogen-bond donors (Lipinski definition) is 1. The maximum Gasteiger partial charge on any atom is 0.262 e. The third kappa shape index (κ3) is 3.21. The van der Waals surface area contributed by atoms with Crippen LogP contribution in [0.2, 0.25) is 0 Å². The minimum atomic E-state index is -0.252. The topological polar surface area (TPSA) is 64.0 Å². The molecule has 26 heavy (non-hydrogen) atoms. The molecule has 1 aromatic carbocycles. The van der Waals surface area contributed by atoms with Crippen molar-refractivity contribution >= 4 is 49.1 Å². The smallest absolute Gasteiger partial charge is 0.262 e. The van der Waals surface area contributed by atoms with Crippen LogP contribution >= 0.6 is 27.3 Å². The van der Waals surface area contributed by atoms with Crippen LogP contribution in [0, 0.1) is 5.92 Å². The van der Waals surface area contributed by atoms with E-state index in [-0.39, 0.29) is 18.0 Å². The summed E-state index contributed by atoms with van der Waals surface area (Å²) in [6.45, 7) is 2.19. The SMILES string of the molecule is C[C@H]1CCc2c(sc3ncn(CC(=O)Nc4ccccc4Br)c(=O)c23)C1. The number of nitrogens with one attached hydrogen (secondary N) is 1. The Morgan fingerprint density at radius 3 is 3.04 bits per heavy atom. The molecule has 2 aromatic heterocycles. The highest BCUT2D eigenvalue weighted by Crippen LogP contribution is 2.35. The van der Waals surface area contributed by atoms with Crippen LogP contribution < -0.4 is 10.9 Å². The minimum absolute atomic E-state index is 0.0515. The van der Waals surface area contributed by atoms with Gasteiger partial charge in [0.25, 0.3) is 5.56 Å². The quantitative estimate of drug-likeness (QED) is 0.681. The van der Waals surface area contributed by atoms with Crippen molar-refractivity contribution in [3.63, 3.8) is 0 Å². The Bertz CT molecular complexity index is 1060. The predicted molar refractivity (Wildman–Crippen MR) is 108 cm³/mol. The Balaban J connectivity index is 1.63. The lowest BCUT2D eigenvalue weighted by Gasteiger charge is -2.17. The molecule has 0 bridgehead atoms. The van der Waals surface area contributed by atoms with Crippen LogP contribution in [0.4, 0.5) is 5.69 Å². The van der Waals surface area contributed by atoms with Crippen molar-refractivity contribution < 1.29 is 4.79 Å². The van der Waals surface area contributed by atoms with Crippen molar-refractivity contribution in [2.45, 2.75) is 32.7 Å². The number of aromatic nitrogens is 2. The molecular weight excluding hydrogens is 414 g/mol. The third-order valence-electron chi connectivity index (χ3n) is 4.74. The predicted octanol–water partition coefficient (Wildman–Crippen LogP) is 3.98. The van der Waals surface area contributed by atoms with E-state index in [1.165, 1.54) is 15.8 Å². The van der Waals surface area contributed by atoms with E-state index in [0.717, 1.165) is 34.1 Å². The highest BCUT2D eigenvalue weighted by atomic mass is 79.9. The molecule has 0 saturated carbocycles. The van der Waals surface area contributed by atoms with E-state index in [0.29, 0.717) is 17.0 Å². The van der Waals surface area contributed by atoms with Gasteiger partial charge in [-0.1, -0.05) is 19.1 Å². The van der Waals surface area contributed by atoms with E-state index >= 15 is 0 Å². The molecule has 0 aliphatic heterocycles. The van der Waals surface area contributed by atoms with Crippen LogP contribution in [0.3, 0.4) is 0 Å². The van der Waals surface area contributed by atoms with Crippen molar-refractivity contribution in [3.8, 4) is 0 Å². The van der Waals surface area contributed by atoms with Gasteiger partial charge in [0, 0.05) is 9.35 Å². The van der Waals surface area contributed by atoms with Gasteiger partial charge in [0.05, 0.1) is 17.4 Å². The zero-order chi connectivity index (χ0) is 18.3. The van der Waals surface area contributed by atoms with Gasteiger partial charge in [-0.2, -0.15) is 0 Å². The van der Waals surface area contributed by atoms with Crippen molar-refractivity contribution in [2.24, 2.45) is 5.92 Å². The molecule has 1 amide bonds. The number of hydrogen-bond acceptors (Lipinski definition) is 4. The van der Waals surface area contributed by atoms with E-state index in [2.05, 4.69) is 33.2 Å². The number of benzene rings is 1. The van der Waals surface area contributed by atoms with Crippen molar-refractivity contribution in [2.75, 3.05) is 5.32 Å². The van der Waals surface area contributed by atoms with Gasteiger partial charge in [0.2, 0.25) is 5.91 Å². The summed E-state index contributed by atoms with van der Waals surface area (Å²) >= 11 is 5.02. The van der Waals surface area contributed by atoms with Crippen LogP contribution in [-0.4, -0.2) is 15.5 Å². The summed E-state index contributed by atoms with van der Waals surface area (Å²) in [4.78, 5) is 31.8. The molecule has 4 rings (SSSR count). The normalized spacial score (nSPS) is 16.5.